The molecule has 0 bridgehead atoms. The van der Waals surface area contributed by atoms with E-state index >= 15 is 0 Å². The van der Waals surface area contributed by atoms with Crippen LogP contribution in [0.25, 0.3) is 11.3 Å². The second kappa shape index (κ2) is 4.48. The molecule has 0 aliphatic heterocycles. The molecule has 94 valence electrons. The van der Waals surface area contributed by atoms with Gasteiger partial charge in [0.15, 0.2) is 5.69 Å². The minimum absolute atomic E-state index is 0.0149. The van der Waals surface area contributed by atoms with Crippen molar-refractivity contribution in [2.45, 2.75) is 0 Å². The molecule has 0 atom stereocenters. The molecule has 1 N–H and O–H groups in total. The fraction of sp³-hybridized carbons (Fsp3) is 0.167. The summed E-state index contributed by atoms with van der Waals surface area (Å²) >= 11 is 0. The van der Waals surface area contributed by atoms with Gasteiger partial charge in [0.1, 0.15) is 17.3 Å². The molecule has 5 nitrogen and oxygen atoms in total. The Hall–Kier alpha value is -2.37. The molecule has 6 heteroatoms. The van der Waals surface area contributed by atoms with Crippen LogP contribution >= 0.6 is 0 Å². The highest BCUT2D eigenvalue weighted by molar-refractivity contribution is 5.94. The zero-order valence-corrected chi connectivity index (χ0v) is 9.85. The van der Waals surface area contributed by atoms with Crippen LogP contribution in [-0.4, -0.2) is 27.7 Å². The number of ether oxygens (including phenoxy) is 1. The van der Waals surface area contributed by atoms with Crippen molar-refractivity contribution in [2.24, 2.45) is 7.05 Å². The van der Waals surface area contributed by atoms with Crippen molar-refractivity contribution in [3.8, 4) is 17.0 Å². The summed E-state index contributed by atoms with van der Waals surface area (Å²) in [6.45, 7) is 0. The van der Waals surface area contributed by atoms with E-state index in [1.165, 1.54) is 36.2 Å². The van der Waals surface area contributed by atoms with Crippen LogP contribution in [0.3, 0.4) is 0 Å². The number of imidazole rings is 1. The number of methoxy groups -OCH3 is 1. The number of hydrogen-bond donors (Lipinski definition) is 1. The summed E-state index contributed by atoms with van der Waals surface area (Å²) in [5.41, 5.74) is 0.482. The molecule has 0 amide bonds. The number of aromatic carboxylic acids is 1. The van der Waals surface area contributed by atoms with Gasteiger partial charge in [-0.1, -0.05) is 0 Å². The van der Waals surface area contributed by atoms with E-state index in [1.54, 1.807) is 7.05 Å². The van der Waals surface area contributed by atoms with Gasteiger partial charge in [-0.15, -0.1) is 0 Å². The largest absolute Gasteiger partial charge is 0.496 e. The lowest BCUT2D eigenvalue weighted by Crippen LogP contribution is -2.05. The van der Waals surface area contributed by atoms with Crippen LogP contribution in [0.5, 0.6) is 5.75 Å². The number of aryl methyl sites for hydroxylation is 1. The molecule has 0 aliphatic carbocycles. The van der Waals surface area contributed by atoms with Crippen LogP contribution in [0.1, 0.15) is 10.5 Å². The molecule has 1 heterocycles. The molecule has 0 aliphatic rings. The standard InChI is InChI=1S/C12H11FN2O3/c1-15-6-14-10(11(15)12(16)17)8-5-7(13)3-4-9(8)18-2/h3-6H,1-2H3,(H,16,17). The van der Waals surface area contributed by atoms with E-state index in [0.717, 1.165) is 0 Å². The Morgan fingerprint density at radius 1 is 1.50 bits per heavy atom. The van der Waals surface area contributed by atoms with Crippen molar-refractivity contribution in [2.75, 3.05) is 7.11 Å². The van der Waals surface area contributed by atoms with E-state index in [1.807, 2.05) is 0 Å². The van der Waals surface area contributed by atoms with Gasteiger partial charge in [-0.05, 0) is 18.2 Å². The van der Waals surface area contributed by atoms with Crippen molar-refractivity contribution in [1.82, 2.24) is 9.55 Å². The van der Waals surface area contributed by atoms with Crippen molar-refractivity contribution in [3.63, 3.8) is 0 Å². The molecule has 1 aromatic heterocycles. The molecule has 0 unspecified atom stereocenters. The molecule has 1 aromatic carbocycles. The quantitative estimate of drug-likeness (QED) is 0.904. The van der Waals surface area contributed by atoms with Crippen LogP contribution in [0.2, 0.25) is 0 Å². The topological polar surface area (TPSA) is 64.4 Å². The molecular formula is C12H11FN2O3. The Kier molecular flexibility index (Phi) is 3.01. The number of nitrogens with zero attached hydrogens (tertiary/aromatic N) is 2. The molecule has 0 saturated heterocycles. The Balaban J connectivity index is 2.69. The second-order valence-corrected chi connectivity index (χ2v) is 3.70. The lowest BCUT2D eigenvalue weighted by atomic mass is 10.1. The third-order valence-corrected chi connectivity index (χ3v) is 2.56. The number of carboxylic acids is 1. The third-order valence-electron chi connectivity index (χ3n) is 2.56. The number of aromatic nitrogens is 2. The SMILES string of the molecule is COc1ccc(F)cc1-c1ncn(C)c1C(=O)O. The molecule has 0 radical (unpaired) electrons. The first-order valence-electron chi connectivity index (χ1n) is 5.13. The first-order chi connectivity index (χ1) is 8.54. The highest BCUT2D eigenvalue weighted by Crippen LogP contribution is 2.31. The van der Waals surface area contributed by atoms with E-state index < -0.39 is 11.8 Å². The average molecular weight is 250 g/mol. The Bertz CT molecular complexity index is 607. The van der Waals surface area contributed by atoms with Crippen LogP contribution in [-0.2, 0) is 7.05 Å². The number of carbonyl (C=O) groups is 1. The Morgan fingerprint density at radius 3 is 2.83 bits per heavy atom. The zero-order valence-electron chi connectivity index (χ0n) is 9.85. The maximum atomic E-state index is 13.3. The van der Waals surface area contributed by atoms with Crippen LogP contribution in [0.15, 0.2) is 24.5 Å². The minimum Gasteiger partial charge on any atom is -0.496 e. The van der Waals surface area contributed by atoms with Gasteiger partial charge in [-0.25, -0.2) is 14.2 Å². The third kappa shape index (κ3) is 1.92. The fourth-order valence-corrected chi connectivity index (χ4v) is 1.74. The summed E-state index contributed by atoms with van der Waals surface area (Å²) in [6, 6.07) is 3.88. The number of rotatable bonds is 3. The summed E-state index contributed by atoms with van der Waals surface area (Å²) < 4.78 is 19.7. The monoisotopic (exact) mass is 250 g/mol. The van der Waals surface area contributed by atoms with Crippen molar-refractivity contribution >= 4 is 5.97 Å². The summed E-state index contributed by atoms with van der Waals surface area (Å²) in [4.78, 5) is 15.2. The minimum atomic E-state index is -1.13. The smallest absolute Gasteiger partial charge is 0.354 e. The molecule has 0 fully saturated rings. The zero-order chi connectivity index (χ0) is 13.3. The maximum absolute atomic E-state index is 13.3. The van der Waals surface area contributed by atoms with E-state index in [-0.39, 0.29) is 11.4 Å². The van der Waals surface area contributed by atoms with Crippen molar-refractivity contribution in [3.05, 3.63) is 36.0 Å². The van der Waals surface area contributed by atoms with Gasteiger partial charge in [-0.2, -0.15) is 0 Å². The summed E-state index contributed by atoms with van der Waals surface area (Å²) in [6.07, 6.45) is 1.36. The molecule has 0 spiro atoms. The van der Waals surface area contributed by atoms with Crippen LogP contribution in [0, 0.1) is 5.82 Å². The summed E-state index contributed by atoms with van der Waals surface area (Å²) in [5.74, 6) is -1.23. The number of carboxylic acid groups (broad SMARTS) is 1. The predicted octanol–water partition coefficient (Wildman–Crippen LogP) is 1.93. The van der Waals surface area contributed by atoms with Gasteiger partial charge in [0.05, 0.1) is 13.4 Å². The number of benzene rings is 1. The fourth-order valence-electron chi connectivity index (χ4n) is 1.74. The lowest BCUT2D eigenvalue weighted by Gasteiger charge is -2.07. The van der Waals surface area contributed by atoms with Crippen LogP contribution in [0.4, 0.5) is 4.39 Å². The molecule has 2 rings (SSSR count). The Morgan fingerprint density at radius 2 is 2.22 bits per heavy atom. The van der Waals surface area contributed by atoms with Crippen molar-refractivity contribution < 1.29 is 19.0 Å². The predicted molar refractivity (Wildman–Crippen MR) is 62.1 cm³/mol. The average Bonchev–Trinajstić information content (AvgIpc) is 2.71. The second-order valence-electron chi connectivity index (χ2n) is 3.70. The normalized spacial score (nSPS) is 10.4. The van der Waals surface area contributed by atoms with E-state index in [9.17, 15) is 9.18 Å². The summed E-state index contributed by atoms with van der Waals surface area (Å²) in [5, 5.41) is 9.13. The number of hydrogen-bond acceptors (Lipinski definition) is 3. The van der Waals surface area contributed by atoms with Gasteiger partial charge in [-0.3, -0.25) is 0 Å². The van der Waals surface area contributed by atoms with E-state index in [0.29, 0.717) is 11.3 Å². The molecule has 0 saturated carbocycles. The lowest BCUT2D eigenvalue weighted by molar-refractivity contribution is 0.0687. The Labute approximate surface area is 102 Å². The first kappa shape index (κ1) is 12.1. The van der Waals surface area contributed by atoms with E-state index in [4.69, 9.17) is 9.84 Å². The van der Waals surface area contributed by atoms with E-state index in [2.05, 4.69) is 4.98 Å². The summed E-state index contributed by atoms with van der Waals surface area (Å²) in [7, 11) is 2.99. The van der Waals surface area contributed by atoms with Gasteiger partial charge >= 0.3 is 5.97 Å². The highest BCUT2D eigenvalue weighted by atomic mass is 19.1. The molecular weight excluding hydrogens is 239 g/mol. The van der Waals surface area contributed by atoms with Gasteiger partial charge in [0.2, 0.25) is 0 Å². The van der Waals surface area contributed by atoms with Gasteiger partial charge in [0.25, 0.3) is 0 Å². The maximum Gasteiger partial charge on any atom is 0.354 e. The highest BCUT2D eigenvalue weighted by Gasteiger charge is 2.20. The van der Waals surface area contributed by atoms with Crippen LogP contribution < -0.4 is 4.74 Å². The molecule has 2 aromatic rings. The van der Waals surface area contributed by atoms with Crippen molar-refractivity contribution in [1.29, 1.82) is 0 Å². The first-order valence-corrected chi connectivity index (χ1v) is 5.13. The molecule has 18 heavy (non-hydrogen) atoms. The van der Waals surface area contributed by atoms with Gasteiger partial charge < -0.3 is 14.4 Å². The number of halogens is 1. The van der Waals surface area contributed by atoms with Gasteiger partial charge in [0, 0.05) is 12.6 Å².